The molecule has 2 rings (SSSR count). The maximum absolute atomic E-state index is 10.9. The van der Waals surface area contributed by atoms with Crippen molar-refractivity contribution in [2.75, 3.05) is 6.61 Å². The second-order valence-corrected chi connectivity index (χ2v) is 3.62. The molecular weight excluding hydrogens is 214 g/mol. The van der Waals surface area contributed by atoms with Gasteiger partial charge in [-0.25, -0.2) is 0 Å². The van der Waals surface area contributed by atoms with Crippen LogP contribution >= 0.6 is 0 Å². The summed E-state index contributed by atoms with van der Waals surface area (Å²) in [5, 5.41) is 18.5. The SMILES string of the molecule is CC(=O)O[C@H]1/C(=C/C#N)[C@H](O)[C@H]2CO[C@@H]1O2. The molecule has 0 saturated carbocycles. The van der Waals surface area contributed by atoms with Crippen molar-refractivity contribution in [3.8, 4) is 6.07 Å². The Morgan fingerprint density at radius 2 is 2.50 bits per heavy atom. The number of aliphatic hydroxyl groups is 1. The summed E-state index contributed by atoms with van der Waals surface area (Å²) in [6, 6.07) is 1.82. The van der Waals surface area contributed by atoms with Gasteiger partial charge in [-0.05, 0) is 0 Å². The van der Waals surface area contributed by atoms with Crippen LogP contribution < -0.4 is 0 Å². The Balaban J connectivity index is 2.27. The molecule has 0 radical (unpaired) electrons. The minimum Gasteiger partial charge on any atom is -0.452 e. The van der Waals surface area contributed by atoms with Crippen molar-refractivity contribution in [3.63, 3.8) is 0 Å². The van der Waals surface area contributed by atoms with Crippen molar-refractivity contribution in [3.05, 3.63) is 11.6 Å². The molecule has 0 aromatic heterocycles. The molecule has 16 heavy (non-hydrogen) atoms. The van der Waals surface area contributed by atoms with Crippen LogP contribution in [0.5, 0.6) is 0 Å². The number of hydrogen-bond donors (Lipinski definition) is 1. The third-order valence-electron chi connectivity index (χ3n) is 2.53. The molecule has 2 heterocycles. The van der Waals surface area contributed by atoms with Crippen LogP contribution in [0.3, 0.4) is 0 Å². The summed E-state index contributed by atoms with van der Waals surface area (Å²) in [5.74, 6) is -0.515. The van der Waals surface area contributed by atoms with Gasteiger partial charge in [-0.1, -0.05) is 0 Å². The van der Waals surface area contributed by atoms with Gasteiger partial charge in [-0.3, -0.25) is 4.79 Å². The highest BCUT2D eigenvalue weighted by Gasteiger charge is 2.48. The average molecular weight is 225 g/mol. The van der Waals surface area contributed by atoms with Crippen molar-refractivity contribution >= 4 is 5.97 Å². The molecule has 2 fully saturated rings. The largest absolute Gasteiger partial charge is 0.452 e. The molecule has 2 aliphatic heterocycles. The number of allylic oxidation sites excluding steroid dienone is 1. The van der Waals surface area contributed by atoms with Crippen molar-refractivity contribution in [1.82, 2.24) is 0 Å². The first-order valence-corrected chi connectivity index (χ1v) is 4.85. The van der Waals surface area contributed by atoms with Gasteiger partial charge in [-0.15, -0.1) is 0 Å². The molecular formula is C10H11NO5. The Hall–Kier alpha value is -1.42. The Morgan fingerprint density at radius 1 is 1.75 bits per heavy atom. The maximum Gasteiger partial charge on any atom is 0.303 e. The van der Waals surface area contributed by atoms with Crippen molar-refractivity contribution in [2.24, 2.45) is 0 Å². The van der Waals surface area contributed by atoms with Gasteiger partial charge in [-0.2, -0.15) is 5.26 Å². The van der Waals surface area contributed by atoms with Crippen LogP contribution in [0, 0.1) is 11.3 Å². The molecule has 0 aromatic carbocycles. The predicted molar refractivity (Wildman–Crippen MR) is 49.9 cm³/mol. The zero-order valence-electron chi connectivity index (χ0n) is 8.62. The van der Waals surface area contributed by atoms with Gasteiger partial charge in [0.05, 0.1) is 12.7 Å². The fourth-order valence-corrected chi connectivity index (χ4v) is 1.85. The minimum absolute atomic E-state index is 0.229. The number of carbonyl (C=O) groups excluding carboxylic acids is 1. The molecule has 0 aromatic rings. The highest BCUT2D eigenvalue weighted by molar-refractivity contribution is 5.66. The summed E-state index contributed by atoms with van der Waals surface area (Å²) in [5.41, 5.74) is 0.330. The zero-order chi connectivity index (χ0) is 11.7. The number of nitrogens with zero attached hydrogens (tertiary/aromatic N) is 1. The van der Waals surface area contributed by atoms with E-state index in [9.17, 15) is 9.90 Å². The van der Waals surface area contributed by atoms with Crippen LogP contribution in [-0.4, -0.2) is 42.3 Å². The van der Waals surface area contributed by atoms with Crippen molar-refractivity contribution in [1.29, 1.82) is 5.26 Å². The topological polar surface area (TPSA) is 88.8 Å². The van der Waals surface area contributed by atoms with E-state index in [1.165, 1.54) is 13.0 Å². The smallest absolute Gasteiger partial charge is 0.303 e. The summed E-state index contributed by atoms with van der Waals surface area (Å²) in [4.78, 5) is 10.9. The summed E-state index contributed by atoms with van der Waals surface area (Å²) >= 11 is 0. The predicted octanol–water partition coefficient (Wildman–Crippen LogP) is -0.516. The quantitative estimate of drug-likeness (QED) is 0.477. The van der Waals surface area contributed by atoms with Gasteiger partial charge in [0.15, 0.2) is 12.4 Å². The van der Waals surface area contributed by atoms with E-state index in [-0.39, 0.29) is 6.61 Å². The zero-order valence-corrected chi connectivity index (χ0v) is 8.62. The van der Waals surface area contributed by atoms with Gasteiger partial charge in [0.25, 0.3) is 0 Å². The van der Waals surface area contributed by atoms with E-state index < -0.39 is 30.6 Å². The lowest BCUT2D eigenvalue weighted by molar-refractivity contribution is -0.183. The van der Waals surface area contributed by atoms with Gasteiger partial charge < -0.3 is 19.3 Å². The summed E-state index contributed by atoms with van der Waals surface area (Å²) in [6.45, 7) is 1.48. The molecule has 2 saturated heterocycles. The van der Waals surface area contributed by atoms with Gasteiger partial charge in [0.2, 0.25) is 0 Å². The molecule has 0 unspecified atom stereocenters. The average Bonchev–Trinajstić information content (AvgIpc) is 2.66. The van der Waals surface area contributed by atoms with Gasteiger partial charge in [0.1, 0.15) is 12.2 Å². The van der Waals surface area contributed by atoms with E-state index in [0.717, 1.165) is 0 Å². The lowest BCUT2D eigenvalue weighted by atomic mass is 9.97. The molecule has 6 heteroatoms. The van der Waals surface area contributed by atoms with Crippen molar-refractivity contribution in [2.45, 2.75) is 31.5 Å². The minimum atomic E-state index is -0.970. The number of ether oxygens (including phenoxy) is 3. The molecule has 1 N–H and O–H groups in total. The van der Waals surface area contributed by atoms with E-state index in [2.05, 4.69) is 0 Å². The fraction of sp³-hybridized carbons (Fsp3) is 0.600. The number of fused-ring (bicyclic) bond motifs is 2. The summed E-state index contributed by atoms with van der Waals surface area (Å²) < 4.78 is 15.5. The van der Waals surface area contributed by atoms with Gasteiger partial charge in [0, 0.05) is 18.6 Å². The number of esters is 1. The highest BCUT2D eigenvalue weighted by atomic mass is 16.7. The van der Waals surface area contributed by atoms with Crippen LogP contribution in [0.4, 0.5) is 0 Å². The normalized spacial score (nSPS) is 39.4. The molecule has 0 spiro atoms. The van der Waals surface area contributed by atoms with Crippen LogP contribution in [0.15, 0.2) is 11.6 Å². The van der Waals surface area contributed by atoms with E-state index in [4.69, 9.17) is 19.5 Å². The summed E-state index contributed by atoms with van der Waals surface area (Å²) in [7, 11) is 0. The first-order chi connectivity index (χ1) is 7.63. The number of nitriles is 1. The first kappa shape index (κ1) is 11.1. The molecule has 2 aliphatic rings. The van der Waals surface area contributed by atoms with E-state index in [1.807, 2.05) is 6.07 Å². The second-order valence-electron chi connectivity index (χ2n) is 3.62. The van der Waals surface area contributed by atoms with E-state index in [0.29, 0.717) is 5.57 Å². The maximum atomic E-state index is 10.9. The Kier molecular flexibility index (Phi) is 2.92. The Bertz CT molecular complexity index is 372. The van der Waals surface area contributed by atoms with E-state index >= 15 is 0 Å². The molecule has 4 atom stereocenters. The Morgan fingerprint density at radius 3 is 3.12 bits per heavy atom. The van der Waals surface area contributed by atoms with Crippen LogP contribution in [0.25, 0.3) is 0 Å². The molecule has 86 valence electrons. The number of rotatable bonds is 1. The summed E-state index contributed by atoms with van der Waals surface area (Å²) in [6.07, 6.45) is -1.85. The third kappa shape index (κ3) is 1.80. The lowest BCUT2D eigenvalue weighted by Crippen LogP contribution is -2.46. The highest BCUT2D eigenvalue weighted by Crippen LogP contribution is 2.33. The van der Waals surface area contributed by atoms with Crippen LogP contribution in [0.1, 0.15) is 6.92 Å². The van der Waals surface area contributed by atoms with E-state index in [1.54, 1.807) is 0 Å². The first-order valence-electron chi connectivity index (χ1n) is 4.85. The molecule has 6 nitrogen and oxygen atoms in total. The molecule has 0 aliphatic carbocycles. The Labute approximate surface area is 92.0 Å². The lowest BCUT2D eigenvalue weighted by Gasteiger charge is -2.32. The fourth-order valence-electron chi connectivity index (χ4n) is 1.85. The van der Waals surface area contributed by atoms with Gasteiger partial charge >= 0.3 is 5.97 Å². The standard InChI is InChI=1S/C10H11NO5/c1-5(12)15-9-6(2-3-11)8(13)7-4-14-10(9)16-7/h2,7-10,13H,4H2,1H3/b6-2+/t7-,8+,9+,10-/m1/s1. The number of hydrogen-bond acceptors (Lipinski definition) is 6. The number of aliphatic hydroxyl groups excluding tert-OH is 1. The third-order valence-corrected chi connectivity index (χ3v) is 2.53. The number of carbonyl (C=O) groups is 1. The monoisotopic (exact) mass is 225 g/mol. The van der Waals surface area contributed by atoms with Crippen LogP contribution in [0.2, 0.25) is 0 Å². The van der Waals surface area contributed by atoms with Crippen molar-refractivity contribution < 1.29 is 24.1 Å². The second kappa shape index (κ2) is 4.22. The molecule has 0 amide bonds. The van der Waals surface area contributed by atoms with Crippen LogP contribution in [-0.2, 0) is 19.0 Å². The molecule has 2 bridgehead atoms.